The summed E-state index contributed by atoms with van der Waals surface area (Å²) in [7, 11) is 0. The van der Waals surface area contributed by atoms with E-state index in [0.29, 0.717) is 6.54 Å². The number of nitrogens with two attached hydrogens (primary N) is 1. The largest absolute Gasteiger partial charge is 0.330 e. The lowest BCUT2D eigenvalue weighted by Gasteiger charge is -1.97. The fraction of sp³-hybridized carbons (Fsp3) is 0.308. The molecular weight excluding hydrogens is 216 g/mol. The molecule has 0 radical (unpaired) electrons. The van der Waals surface area contributed by atoms with Crippen LogP contribution in [0.15, 0.2) is 24.3 Å². The minimum Gasteiger partial charge on any atom is -0.330 e. The molecule has 0 saturated carbocycles. The molecule has 16 heavy (non-hydrogen) atoms. The molecule has 2 rings (SSSR count). The van der Waals surface area contributed by atoms with Gasteiger partial charge >= 0.3 is 0 Å². The molecule has 3 heteroatoms. The number of rotatable bonds is 3. The van der Waals surface area contributed by atoms with Gasteiger partial charge in [-0.15, -0.1) is 11.3 Å². The molecule has 2 aromatic rings. The lowest BCUT2D eigenvalue weighted by atomic mass is 10.1. The maximum atomic E-state index is 5.57. The lowest BCUT2D eigenvalue weighted by molar-refractivity contribution is 0.927. The van der Waals surface area contributed by atoms with Gasteiger partial charge in [0.1, 0.15) is 5.01 Å². The number of aryl methyl sites for hydroxylation is 2. The number of hydrogen-bond donors (Lipinski definition) is 1. The number of benzene rings is 1. The quantitative estimate of drug-likeness (QED) is 0.883. The van der Waals surface area contributed by atoms with Crippen LogP contribution in [0.2, 0.25) is 0 Å². The minimum absolute atomic E-state index is 0.665. The van der Waals surface area contributed by atoms with Crippen LogP contribution >= 0.6 is 11.3 Å². The molecule has 0 spiro atoms. The highest BCUT2D eigenvalue weighted by Gasteiger charge is 2.08. The molecule has 0 aliphatic heterocycles. The first-order valence-electron chi connectivity index (χ1n) is 5.44. The maximum Gasteiger partial charge on any atom is 0.123 e. The smallest absolute Gasteiger partial charge is 0.123 e. The third-order valence-electron chi connectivity index (χ3n) is 2.54. The van der Waals surface area contributed by atoms with Gasteiger partial charge in [0.25, 0.3) is 0 Å². The fourth-order valence-corrected chi connectivity index (χ4v) is 2.65. The first kappa shape index (κ1) is 11.3. The normalized spacial score (nSPS) is 10.7. The van der Waals surface area contributed by atoms with Crippen LogP contribution in [-0.2, 0) is 6.42 Å². The van der Waals surface area contributed by atoms with E-state index >= 15 is 0 Å². The van der Waals surface area contributed by atoms with Gasteiger partial charge in [0, 0.05) is 16.9 Å². The number of hydrogen-bond acceptors (Lipinski definition) is 3. The highest BCUT2D eigenvalue weighted by molar-refractivity contribution is 7.15. The Labute approximate surface area is 100 Å². The number of nitrogens with zero attached hydrogens (tertiary/aromatic N) is 1. The van der Waals surface area contributed by atoms with Gasteiger partial charge in [0.05, 0.1) is 5.69 Å². The second-order valence-electron chi connectivity index (χ2n) is 3.93. The summed E-state index contributed by atoms with van der Waals surface area (Å²) >= 11 is 1.75. The second kappa shape index (κ2) is 4.76. The standard InChI is InChI=1S/C13H16N2S/c1-9-4-3-5-11(8-9)13-15-12(6-7-14)10(2)16-13/h3-5,8H,6-7,14H2,1-2H3. The molecule has 0 fully saturated rings. The van der Waals surface area contributed by atoms with Crippen LogP contribution in [0.3, 0.4) is 0 Å². The molecule has 1 aromatic heterocycles. The van der Waals surface area contributed by atoms with Crippen molar-refractivity contribution in [3.8, 4) is 10.6 Å². The first-order chi connectivity index (χ1) is 7.70. The Bertz CT molecular complexity index is 488. The van der Waals surface area contributed by atoms with E-state index in [4.69, 9.17) is 5.73 Å². The van der Waals surface area contributed by atoms with E-state index in [9.17, 15) is 0 Å². The number of thiazole rings is 1. The van der Waals surface area contributed by atoms with Crippen LogP contribution in [-0.4, -0.2) is 11.5 Å². The van der Waals surface area contributed by atoms with Gasteiger partial charge in [-0.05, 0) is 26.5 Å². The third kappa shape index (κ3) is 2.31. The molecule has 0 saturated heterocycles. The van der Waals surface area contributed by atoms with Crippen molar-refractivity contribution >= 4 is 11.3 Å². The Balaban J connectivity index is 2.37. The molecule has 0 aliphatic carbocycles. The SMILES string of the molecule is Cc1cccc(-c2nc(CCN)c(C)s2)c1. The van der Waals surface area contributed by atoms with Crippen molar-refractivity contribution in [3.05, 3.63) is 40.4 Å². The summed E-state index contributed by atoms with van der Waals surface area (Å²) in [4.78, 5) is 5.93. The van der Waals surface area contributed by atoms with E-state index in [1.807, 2.05) is 0 Å². The van der Waals surface area contributed by atoms with Crippen molar-refractivity contribution in [2.45, 2.75) is 20.3 Å². The van der Waals surface area contributed by atoms with Gasteiger partial charge in [0.15, 0.2) is 0 Å². The first-order valence-corrected chi connectivity index (χ1v) is 6.26. The zero-order valence-electron chi connectivity index (χ0n) is 9.66. The van der Waals surface area contributed by atoms with Crippen molar-refractivity contribution in [2.75, 3.05) is 6.54 Å². The van der Waals surface area contributed by atoms with E-state index in [1.165, 1.54) is 16.0 Å². The van der Waals surface area contributed by atoms with Gasteiger partial charge in [-0.2, -0.15) is 0 Å². The summed E-state index contributed by atoms with van der Waals surface area (Å²) in [5.41, 5.74) is 9.18. The van der Waals surface area contributed by atoms with E-state index in [1.54, 1.807) is 11.3 Å². The molecule has 0 amide bonds. The van der Waals surface area contributed by atoms with Crippen molar-refractivity contribution in [3.63, 3.8) is 0 Å². The molecule has 0 bridgehead atoms. The zero-order valence-corrected chi connectivity index (χ0v) is 10.5. The summed E-state index contributed by atoms with van der Waals surface area (Å²) in [6, 6.07) is 8.46. The number of aromatic nitrogens is 1. The summed E-state index contributed by atoms with van der Waals surface area (Å²) in [5.74, 6) is 0. The van der Waals surface area contributed by atoms with Crippen LogP contribution < -0.4 is 5.73 Å². The Kier molecular flexibility index (Phi) is 3.36. The maximum absolute atomic E-state index is 5.57. The van der Waals surface area contributed by atoms with Gasteiger partial charge in [-0.1, -0.05) is 23.8 Å². The van der Waals surface area contributed by atoms with E-state index in [-0.39, 0.29) is 0 Å². The molecule has 2 nitrogen and oxygen atoms in total. The van der Waals surface area contributed by atoms with Gasteiger partial charge in [-0.25, -0.2) is 4.98 Å². The third-order valence-corrected chi connectivity index (χ3v) is 3.60. The average Bonchev–Trinajstić information content (AvgIpc) is 2.61. The van der Waals surface area contributed by atoms with E-state index < -0.39 is 0 Å². The van der Waals surface area contributed by atoms with E-state index in [0.717, 1.165) is 17.1 Å². The predicted octanol–water partition coefficient (Wildman–Crippen LogP) is 2.93. The van der Waals surface area contributed by atoms with Crippen molar-refractivity contribution < 1.29 is 0 Å². The van der Waals surface area contributed by atoms with Crippen LogP contribution in [0.4, 0.5) is 0 Å². The van der Waals surface area contributed by atoms with Crippen LogP contribution in [0.1, 0.15) is 16.1 Å². The minimum atomic E-state index is 0.665. The van der Waals surface area contributed by atoms with Gasteiger partial charge in [0.2, 0.25) is 0 Å². The Morgan fingerprint density at radius 1 is 1.31 bits per heavy atom. The van der Waals surface area contributed by atoms with Crippen LogP contribution in [0.5, 0.6) is 0 Å². The molecule has 84 valence electrons. The summed E-state index contributed by atoms with van der Waals surface area (Å²) in [5, 5.41) is 1.10. The molecular formula is C13H16N2S. The summed E-state index contributed by atoms with van der Waals surface area (Å²) in [6.07, 6.45) is 0.869. The van der Waals surface area contributed by atoms with Gasteiger partial charge in [-0.3, -0.25) is 0 Å². The monoisotopic (exact) mass is 232 g/mol. The Morgan fingerprint density at radius 2 is 2.12 bits per heavy atom. The lowest BCUT2D eigenvalue weighted by Crippen LogP contribution is -2.03. The zero-order chi connectivity index (χ0) is 11.5. The van der Waals surface area contributed by atoms with Crippen LogP contribution in [0, 0.1) is 13.8 Å². The fourth-order valence-electron chi connectivity index (χ4n) is 1.70. The van der Waals surface area contributed by atoms with Crippen molar-refractivity contribution in [1.29, 1.82) is 0 Å². The Hall–Kier alpha value is -1.19. The Morgan fingerprint density at radius 3 is 2.81 bits per heavy atom. The molecule has 1 aromatic carbocycles. The predicted molar refractivity (Wildman–Crippen MR) is 69.8 cm³/mol. The average molecular weight is 232 g/mol. The van der Waals surface area contributed by atoms with Gasteiger partial charge < -0.3 is 5.73 Å². The molecule has 0 aliphatic rings. The summed E-state index contributed by atoms with van der Waals surface area (Å²) in [6.45, 7) is 4.88. The molecule has 1 heterocycles. The van der Waals surface area contributed by atoms with Crippen LogP contribution in [0.25, 0.3) is 10.6 Å². The molecule has 2 N–H and O–H groups in total. The van der Waals surface area contributed by atoms with Crippen molar-refractivity contribution in [1.82, 2.24) is 4.98 Å². The topological polar surface area (TPSA) is 38.9 Å². The second-order valence-corrected chi connectivity index (χ2v) is 5.13. The van der Waals surface area contributed by atoms with Crippen molar-refractivity contribution in [2.24, 2.45) is 5.73 Å². The highest BCUT2D eigenvalue weighted by Crippen LogP contribution is 2.28. The highest BCUT2D eigenvalue weighted by atomic mass is 32.1. The molecule has 0 atom stereocenters. The summed E-state index contributed by atoms with van der Waals surface area (Å²) < 4.78 is 0. The van der Waals surface area contributed by atoms with E-state index in [2.05, 4.69) is 43.1 Å². The molecule has 0 unspecified atom stereocenters.